The molecule has 1 amide bonds. The monoisotopic (exact) mass is 218 g/mol. The molecule has 7 heteroatoms. The highest BCUT2D eigenvalue weighted by atomic mass is 32.2. The first kappa shape index (κ1) is 10.8. The summed E-state index contributed by atoms with van der Waals surface area (Å²) in [5.41, 5.74) is 0. The fraction of sp³-hybridized carbons (Fsp3) is 0.714. The van der Waals surface area contributed by atoms with Crippen molar-refractivity contribution in [2.45, 2.75) is 5.25 Å². The molecule has 1 rings (SSSR count). The zero-order valence-electron chi connectivity index (χ0n) is 7.54. The molecule has 1 aliphatic heterocycles. The lowest BCUT2D eigenvalue weighted by Crippen LogP contribution is -2.55. The maximum absolute atomic E-state index is 11.1. The number of amides is 1. The van der Waals surface area contributed by atoms with Crippen molar-refractivity contribution in [1.82, 2.24) is 4.90 Å². The quantitative estimate of drug-likeness (QED) is 0.675. The Morgan fingerprint density at radius 3 is 2.43 bits per heavy atom. The number of nitriles is 1. The smallest absolute Gasteiger partial charge is 0.407 e. The van der Waals surface area contributed by atoms with E-state index in [0.717, 1.165) is 11.2 Å². The van der Waals surface area contributed by atoms with Crippen molar-refractivity contribution < 1.29 is 18.3 Å². The van der Waals surface area contributed by atoms with E-state index in [-0.39, 0.29) is 19.0 Å². The molecule has 0 aliphatic carbocycles. The van der Waals surface area contributed by atoms with Gasteiger partial charge in [-0.25, -0.2) is 13.2 Å². The van der Waals surface area contributed by atoms with E-state index in [0.29, 0.717) is 0 Å². The Morgan fingerprint density at radius 1 is 1.64 bits per heavy atom. The molecule has 1 fully saturated rings. The van der Waals surface area contributed by atoms with Gasteiger partial charge in [0.15, 0.2) is 15.1 Å². The van der Waals surface area contributed by atoms with Crippen molar-refractivity contribution in [2.75, 3.05) is 19.3 Å². The maximum atomic E-state index is 11.1. The second-order valence-corrected chi connectivity index (χ2v) is 5.49. The Bertz CT molecular complexity index is 377. The van der Waals surface area contributed by atoms with Crippen molar-refractivity contribution in [3.05, 3.63) is 0 Å². The topological polar surface area (TPSA) is 98.5 Å². The van der Waals surface area contributed by atoms with E-state index in [1.807, 2.05) is 0 Å². The van der Waals surface area contributed by atoms with E-state index in [4.69, 9.17) is 10.4 Å². The van der Waals surface area contributed by atoms with Gasteiger partial charge in [0.2, 0.25) is 0 Å². The molecule has 0 spiro atoms. The van der Waals surface area contributed by atoms with E-state index in [1.165, 1.54) is 0 Å². The number of carbonyl (C=O) groups is 1. The zero-order valence-corrected chi connectivity index (χ0v) is 8.36. The van der Waals surface area contributed by atoms with Gasteiger partial charge in [-0.1, -0.05) is 0 Å². The summed E-state index contributed by atoms with van der Waals surface area (Å²) in [5, 5.41) is 16.0. The van der Waals surface area contributed by atoms with Crippen LogP contribution in [-0.4, -0.2) is 49.1 Å². The molecular weight excluding hydrogens is 208 g/mol. The van der Waals surface area contributed by atoms with Crippen molar-refractivity contribution in [3.63, 3.8) is 0 Å². The van der Waals surface area contributed by atoms with Crippen molar-refractivity contribution in [3.8, 4) is 6.07 Å². The molecule has 0 bridgehead atoms. The molecule has 0 saturated carbocycles. The van der Waals surface area contributed by atoms with E-state index in [9.17, 15) is 13.2 Å². The van der Waals surface area contributed by atoms with Gasteiger partial charge in [-0.2, -0.15) is 5.26 Å². The van der Waals surface area contributed by atoms with Gasteiger partial charge in [-0.3, -0.25) is 0 Å². The highest BCUT2D eigenvalue weighted by Crippen LogP contribution is 2.23. The lowest BCUT2D eigenvalue weighted by Gasteiger charge is -2.38. The van der Waals surface area contributed by atoms with Crippen LogP contribution in [0.25, 0.3) is 0 Å². The predicted octanol–water partition coefficient (Wildman–Crippen LogP) is -0.467. The third-order valence-corrected chi connectivity index (χ3v) is 3.61. The molecule has 0 radical (unpaired) electrons. The summed E-state index contributed by atoms with van der Waals surface area (Å²) in [6, 6.07) is 1.70. The Balaban J connectivity index is 2.63. The lowest BCUT2D eigenvalue weighted by molar-refractivity contribution is 0.0844. The number of rotatable bonds is 2. The molecule has 1 atom stereocenters. The minimum atomic E-state index is -3.40. The van der Waals surface area contributed by atoms with Crippen LogP contribution in [-0.2, 0) is 9.84 Å². The highest BCUT2D eigenvalue weighted by Gasteiger charge is 2.40. The van der Waals surface area contributed by atoms with Crippen molar-refractivity contribution in [2.24, 2.45) is 5.92 Å². The average Bonchev–Trinajstić information content (AvgIpc) is 1.91. The standard InChI is InChI=1S/C7H10N2O4S/c1-14(12,13)6(2-8)5-3-9(4-5)7(10)11/h5-6H,3-4H2,1H3,(H,10,11). The van der Waals surface area contributed by atoms with Crippen molar-refractivity contribution >= 4 is 15.9 Å². The van der Waals surface area contributed by atoms with Crippen LogP contribution in [0.5, 0.6) is 0 Å². The van der Waals surface area contributed by atoms with Crippen LogP contribution < -0.4 is 0 Å². The molecule has 1 N–H and O–H groups in total. The van der Waals surface area contributed by atoms with Gasteiger partial charge in [0.1, 0.15) is 0 Å². The first-order valence-electron chi connectivity index (χ1n) is 3.92. The van der Waals surface area contributed by atoms with Gasteiger partial charge in [0, 0.05) is 25.3 Å². The molecule has 14 heavy (non-hydrogen) atoms. The average molecular weight is 218 g/mol. The molecule has 0 aromatic carbocycles. The molecular formula is C7H10N2O4S. The third-order valence-electron chi connectivity index (χ3n) is 2.20. The summed E-state index contributed by atoms with van der Waals surface area (Å²) in [4.78, 5) is 11.5. The zero-order chi connectivity index (χ0) is 10.9. The van der Waals surface area contributed by atoms with E-state index in [1.54, 1.807) is 6.07 Å². The Hall–Kier alpha value is -1.29. The van der Waals surface area contributed by atoms with Crippen LogP contribution in [0.1, 0.15) is 0 Å². The number of likely N-dealkylation sites (tertiary alicyclic amines) is 1. The molecule has 1 heterocycles. The largest absolute Gasteiger partial charge is 0.465 e. The number of carboxylic acid groups (broad SMARTS) is 1. The van der Waals surface area contributed by atoms with Crippen molar-refractivity contribution in [1.29, 1.82) is 5.26 Å². The maximum Gasteiger partial charge on any atom is 0.407 e. The summed E-state index contributed by atoms with van der Waals surface area (Å²) in [6.07, 6.45) is -0.0870. The second kappa shape index (κ2) is 3.46. The minimum absolute atomic E-state index is 0.126. The SMILES string of the molecule is CS(=O)(=O)C(C#N)C1CN(C(=O)O)C1. The first-order valence-corrected chi connectivity index (χ1v) is 5.88. The minimum Gasteiger partial charge on any atom is -0.465 e. The summed E-state index contributed by atoms with van der Waals surface area (Å²) in [6.45, 7) is 0.251. The first-order chi connectivity index (χ1) is 6.36. The van der Waals surface area contributed by atoms with Crippen LogP contribution in [0.3, 0.4) is 0 Å². The molecule has 1 saturated heterocycles. The second-order valence-electron chi connectivity index (χ2n) is 3.33. The van der Waals surface area contributed by atoms with Gasteiger partial charge in [0.25, 0.3) is 0 Å². The molecule has 0 aromatic rings. The number of sulfone groups is 1. The number of hydrogen-bond acceptors (Lipinski definition) is 4. The van der Waals surface area contributed by atoms with Gasteiger partial charge >= 0.3 is 6.09 Å². The summed E-state index contributed by atoms with van der Waals surface area (Å²) in [7, 11) is -3.40. The van der Waals surface area contributed by atoms with Gasteiger partial charge < -0.3 is 10.0 Å². The number of hydrogen-bond donors (Lipinski definition) is 1. The molecule has 0 aromatic heterocycles. The third kappa shape index (κ3) is 1.96. The summed E-state index contributed by atoms with van der Waals surface area (Å²) in [5.74, 6) is -0.383. The molecule has 1 unspecified atom stereocenters. The van der Waals surface area contributed by atoms with E-state index < -0.39 is 21.2 Å². The van der Waals surface area contributed by atoms with E-state index in [2.05, 4.69) is 0 Å². The molecule has 1 aliphatic rings. The Labute approximate surface area is 81.7 Å². The number of nitrogens with zero attached hydrogens (tertiary/aromatic N) is 2. The Kier molecular flexibility index (Phi) is 2.66. The van der Waals surface area contributed by atoms with Crippen LogP contribution in [0.2, 0.25) is 0 Å². The van der Waals surface area contributed by atoms with Crippen LogP contribution >= 0.6 is 0 Å². The van der Waals surface area contributed by atoms with Gasteiger partial charge in [0.05, 0.1) is 6.07 Å². The van der Waals surface area contributed by atoms with Crippen LogP contribution in [0, 0.1) is 17.2 Å². The Morgan fingerprint density at radius 2 is 2.14 bits per heavy atom. The predicted molar refractivity (Wildman–Crippen MR) is 47.3 cm³/mol. The normalized spacial score (nSPS) is 19.6. The van der Waals surface area contributed by atoms with Gasteiger partial charge in [-0.05, 0) is 0 Å². The fourth-order valence-corrected chi connectivity index (χ4v) is 2.47. The highest BCUT2D eigenvalue weighted by molar-refractivity contribution is 7.91. The lowest BCUT2D eigenvalue weighted by atomic mass is 9.97. The molecule has 6 nitrogen and oxygen atoms in total. The van der Waals surface area contributed by atoms with Gasteiger partial charge in [-0.15, -0.1) is 0 Å². The fourth-order valence-electron chi connectivity index (χ4n) is 1.41. The summed E-state index contributed by atoms with van der Waals surface area (Å²) >= 11 is 0. The summed E-state index contributed by atoms with van der Waals surface area (Å²) < 4.78 is 22.2. The molecule has 78 valence electrons. The van der Waals surface area contributed by atoms with E-state index >= 15 is 0 Å². The van der Waals surface area contributed by atoms with Crippen LogP contribution in [0.4, 0.5) is 4.79 Å². The van der Waals surface area contributed by atoms with Crippen LogP contribution in [0.15, 0.2) is 0 Å².